The molecule has 2 N–H and O–H groups in total. The van der Waals surface area contributed by atoms with E-state index in [0.29, 0.717) is 5.46 Å². The van der Waals surface area contributed by atoms with Gasteiger partial charge in [0, 0.05) is 0 Å². The van der Waals surface area contributed by atoms with Gasteiger partial charge in [-0.15, -0.1) is 0 Å². The second-order valence-corrected chi connectivity index (χ2v) is 3.45. The molecule has 2 nitrogen and oxygen atoms in total. The summed E-state index contributed by atoms with van der Waals surface area (Å²) in [6.45, 7) is 1.99. The zero-order valence-electron chi connectivity index (χ0n) is 7.94. The Balaban J connectivity index is 2.77. The molecule has 0 aliphatic rings. The van der Waals surface area contributed by atoms with E-state index in [4.69, 9.17) is 10.0 Å². The highest BCUT2D eigenvalue weighted by Crippen LogP contribution is 2.13. The lowest BCUT2D eigenvalue weighted by atomic mass is 9.77. The third-order valence-corrected chi connectivity index (χ3v) is 2.35. The van der Waals surface area contributed by atoms with E-state index in [-0.39, 0.29) is 0 Å². The van der Waals surface area contributed by atoms with Crippen LogP contribution in [0.2, 0.25) is 0 Å². The molecule has 0 radical (unpaired) electrons. The van der Waals surface area contributed by atoms with Crippen molar-refractivity contribution in [2.24, 2.45) is 0 Å². The first kappa shape index (κ1) is 9.25. The summed E-state index contributed by atoms with van der Waals surface area (Å²) in [5.41, 5.74) is 1.68. The maximum atomic E-state index is 9.17. The van der Waals surface area contributed by atoms with Gasteiger partial charge in [-0.2, -0.15) is 0 Å². The lowest BCUT2D eigenvalue weighted by Gasteiger charge is -2.05. The summed E-state index contributed by atoms with van der Waals surface area (Å²) in [5.74, 6) is 0. The maximum Gasteiger partial charge on any atom is 0.489 e. The molecule has 0 heterocycles. The Labute approximate surface area is 83.0 Å². The van der Waals surface area contributed by atoms with Gasteiger partial charge >= 0.3 is 7.12 Å². The molecule has 2 aromatic rings. The van der Waals surface area contributed by atoms with Gasteiger partial charge < -0.3 is 10.0 Å². The molecule has 0 amide bonds. The summed E-state index contributed by atoms with van der Waals surface area (Å²) in [5, 5.41) is 20.3. The molecular weight excluding hydrogens is 175 g/mol. The number of hydrogen-bond donors (Lipinski definition) is 2. The van der Waals surface area contributed by atoms with Gasteiger partial charge in [0.25, 0.3) is 0 Å². The molecular formula is C11H11BO2. The molecule has 14 heavy (non-hydrogen) atoms. The van der Waals surface area contributed by atoms with Crippen LogP contribution >= 0.6 is 0 Å². The van der Waals surface area contributed by atoms with E-state index < -0.39 is 7.12 Å². The van der Waals surface area contributed by atoms with Gasteiger partial charge in [0.05, 0.1) is 0 Å². The smallest absolute Gasteiger partial charge is 0.423 e. The van der Waals surface area contributed by atoms with Crippen LogP contribution in [0.15, 0.2) is 36.4 Å². The molecule has 0 aliphatic carbocycles. The van der Waals surface area contributed by atoms with E-state index in [1.807, 2.05) is 37.3 Å². The van der Waals surface area contributed by atoms with Gasteiger partial charge in [-0.1, -0.05) is 42.0 Å². The molecule has 0 bridgehead atoms. The highest BCUT2D eigenvalue weighted by molar-refractivity contribution is 6.61. The Hall–Kier alpha value is -1.32. The van der Waals surface area contributed by atoms with E-state index in [0.717, 1.165) is 16.3 Å². The fraction of sp³-hybridized carbons (Fsp3) is 0.0909. The first-order valence-corrected chi connectivity index (χ1v) is 4.54. The molecule has 0 fully saturated rings. The molecule has 70 valence electrons. The quantitative estimate of drug-likeness (QED) is 0.647. The third-order valence-electron chi connectivity index (χ3n) is 2.35. The lowest BCUT2D eigenvalue weighted by Crippen LogP contribution is -2.30. The minimum absolute atomic E-state index is 0.561. The number of hydrogen-bond acceptors (Lipinski definition) is 2. The summed E-state index contributed by atoms with van der Waals surface area (Å²) in [4.78, 5) is 0. The Morgan fingerprint density at radius 1 is 1.07 bits per heavy atom. The van der Waals surface area contributed by atoms with Crippen LogP contribution in [-0.4, -0.2) is 17.2 Å². The molecule has 0 aromatic heterocycles. The molecule has 3 heteroatoms. The van der Waals surface area contributed by atoms with E-state index in [1.165, 1.54) is 0 Å². The summed E-state index contributed by atoms with van der Waals surface area (Å²) >= 11 is 0. The topological polar surface area (TPSA) is 40.5 Å². The Kier molecular flexibility index (Phi) is 2.27. The first-order valence-electron chi connectivity index (χ1n) is 4.54. The minimum Gasteiger partial charge on any atom is -0.423 e. The van der Waals surface area contributed by atoms with Crippen LogP contribution in [0.1, 0.15) is 5.56 Å². The van der Waals surface area contributed by atoms with Crippen molar-refractivity contribution in [3.63, 3.8) is 0 Å². The second-order valence-electron chi connectivity index (χ2n) is 3.45. The molecule has 2 aromatic carbocycles. The normalized spacial score (nSPS) is 10.5. The van der Waals surface area contributed by atoms with E-state index >= 15 is 0 Å². The third kappa shape index (κ3) is 1.52. The summed E-state index contributed by atoms with van der Waals surface area (Å²) in [7, 11) is -1.40. The summed E-state index contributed by atoms with van der Waals surface area (Å²) < 4.78 is 0. The van der Waals surface area contributed by atoms with Crippen LogP contribution in [0.3, 0.4) is 0 Å². The predicted octanol–water partition coefficient (Wildman–Crippen LogP) is 0.828. The lowest BCUT2D eigenvalue weighted by molar-refractivity contribution is 0.426. The van der Waals surface area contributed by atoms with Crippen molar-refractivity contribution in [2.45, 2.75) is 6.92 Å². The molecule has 0 spiro atoms. The molecule has 0 saturated heterocycles. The van der Waals surface area contributed by atoms with Gasteiger partial charge in [-0.05, 0) is 23.2 Å². The van der Waals surface area contributed by atoms with Crippen molar-refractivity contribution < 1.29 is 10.0 Å². The van der Waals surface area contributed by atoms with Crippen molar-refractivity contribution in [3.05, 3.63) is 42.0 Å². The zero-order valence-corrected chi connectivity index (χ0v) is 7.94. The van der Waals surface area contributed by atoms with Gasteiger partial charge in [0.15, 0.2) is 0 Å². The highest BCUT2D eigenvalue weighted by Gasteiger charge is 2.13. The zero-order chi connectivity index (χ0) is 10.1. The van der Waals surface area contributed by atoms with Crippen molar-refractivity contribution in [1.82, 2.24) is 0 Å². The molecule has 2 rings (SSSR count). The van der Waals surface area contributed by atoms with Crippen molar-refractivity contribution in [1.29, 1.82) is 0 Å². The number of rotatable bonds is 1. The number of fused-ring (bicyclic) bond motifs is 1. The average Bonchev–Trinajstić information content (AvgIpc) is 2.16. The van der Waals surface area contributed by atoms with E-state index in [2.05, 4.69) is 0 Å². The summed E-state index contributed by atoms with van der Waals surface area (Å²) in [6.07, 6.45) is 0. The average molecular weight is 186 g/mol. The van der Waals surface area contributed by atoms with Crippen LogP contribution in [0.4, 0.5) is 0 Å². The Morgan fingerprint density at radius 3 is 2.57 bits per heavy atom. The standard InChI is InChI=1S/C11H11BO2/c1-8-5-6-9-3-2-4-11(12(13)14)10(9)7-8/h2-7,13-14H,1H3. The van der Waals surface area contributed by atoms with Crippen LogP contribution < -0.4 is 5.46 Å². The summed E-state index contributed by atoms with van der Waals surface area (Å²) in [6, 6.07) is 11.5. The van der Waals surface area contributed by atoms with Gasteiger partial charge in [-0.25, -0.2) is 0 Å². The maximum absolute atomic E-state index is 9.17. The van der Waals surface area contributed by atoms with E-state index in [9.17, 15) is 0 Å². The van der Waals surface area contributed by atoms with Crippen LogP contribution in [0.25, 0.3) is 10.8 Å². The molecule has 0 saturated carbocycles. The minimum atomic E-state index is -1.40. The Bertz CT molecular complexity index is 466. The largest absolute Gasteiger partial charge is 0.489 e. The monoisotopic (exact) mass is 186 g/mol. The van der Waals surface area contributed by atoms with Crippen molar-refractivity contribution in [3.8, 4) is 0 Å². The highest BCUT2D eigenvalue weighted by atomic mass is 16.4. The fourth-order valence-corrected chi connectivity index (χ4v) is 1.64. The van der Waals surface area contributed by atoms with Crippen LogP contribution in [0.5, 0.6) is 0 Å². The van der Waals surface area contributed by atoms with Gasteiger partial charge in [0.1, 0.15) is 0 Å². The number of benzene rings is 2. The molecule has 0 atom stereocenters. The first-order chi connectivity index (χ1) is 6.68. The molecule has 0 aliphatic heterocycles. The van der Waals surface area contributed by atoms with Gasteiger partial charge in [0.2, 0.25) is 0 Å². The molecule has 0 unspecified atom stereocenters. The van der Waals surface area contributed by atoms with Crippen LogP contribution in [0, 0.1) is 6.92 Å². The van der Waals surface area contributed by atoms with Crippen molar-refractivity contribution >= 4 is 23.4 Å². The number of aryl methyl sites for hydroxylation is 1. The predicted molar refractivity (Wildman–Crippen MR) is 58.5 cm³/mol. The fourth-order valence-electron chi connectivity index (χ4n) is 1.64. The van der Waals surface area contributed by atoms with Gasteiger partial charge in [-0.3, -0.25) is 0 Å². The Morgan fingerprint density at radius 2 is 1.86 bits per heavy atom. The second kappa shape index (κ2) is 3.44. The van der Waals surface area contributed by atoms with Crippen molar-refractivity contribution in [2.75, 3.05) is 0 Å². The van der Waals surface area contributed by atoms with Crippen LogP contribution in [-0.2, 0) is 0 Å². The SMILES string of the molecule is Cc1ccc2cccc(B(O)O)c2c1. The van der Waals surface area contributed by atoms with E-state index in [1.54, 1.807) is 6.07 Å².